The average Bonchev–Trinajstić information content (AvgIpc) is 3.27. The molecule has 2 heterocycles. The highest BCUT2D eigenvalue weighted by Gasteiger charge is 2.24. The molecule has 2 aromatic rings. The Morgan fingerprint density at radius 3 is 2.42 bits per heavy atom. The quantitative estimate of drug-likeness (QED) is 0.668. The van der Waals surface area contributed by atoms with Gasteiger partial charge in [0, 0.05) is 47.8 Å². The third-order valence-corrected chi connectivity index (χ3v) is 5.60. The number of allylic oxidation sites excluding steroid dienone is 3. The topological polar surface area (TPSA) is 68.9 Å². The molecule has 1 fully saturated rings. The number of ether oxygens (including phenoxy) is 1. The molecule has 2 aromatic carbocycles. The first kappa shape index (κ1) is 20.8. The smallest absolute Gasteiger partial charge is 0.255 e. The minimum atomic E-state index is -0.150. The Kier molecular flexibility index (Phi) is 6.13. The molecule has 3 N–H and O–H groups in total. The molecule has 31 heavy (non-hydrogen) atoms. The minimum Gasteiger partial charge on any atom is -0.440 e. The van der Waals surface area contributed by atoms with E-state index in [0.717, 1.165) is 24.5 Å². The number of hydrogen-bond donors (Lipinski definition) is 3. The number of anilines is 2. The highest BCUT2D eigenvalue weighted by molar-refractivity contribution is 6.04. The minimum absolute atomic E-state index is 0.150. The molecule has 7 nitrogen and oxygen atoms in total. The van der Waals surface area contributed by atoms with Crippen molar-refractivity contribution in [1.82, 2.24) is 15.8 Å². The van der Waals surface area contributed by atoms with Crippen LogP contribution in [-0.4, -0.2) is 44.0 Å². The normalized spacial score (nSPS) is 18.1. The summed E-state index contributed by atoms with van der Waals surface area (Å²) in [4.78, 5) is 17.3. The molecule has 0 aliphatic carbocycles. The zero-order chi connectivity index (χ0) is 21.8. The lowest BCUT2D eigenvalue weighted by Crippen LogP contribution is -2.33. The summed E-state index contributed by atoms with van der Waals surface area (Å²) in [5.41, 5.74) is 9.49. The monoisotopic (exact) mass is 419 g/mol. The van der Waals surface area contributed by atoms with Crippen molar-refractivity contribution in [1.29, 1.82) is 0 Å². The first-order valence-electron chi connectivity index (χ1n) is 10.5. The zero-order valence-electron chi connectivity index (χ0n) is 18.2. The van der Waals surface area contributed by atoms with Gasteiger partial charge in [0.05, 0.1) is 0 Å². The van der Waals surface area contributed by atoms with E-state index in [4.69, 9.17) is 4.74 Å². The number of carbonyl (C=O) groups is 1. The van der Waals surface area contributed by atoms with Crippen molar-refractivity contribution in [2.24, 2.45) is 0 Å². The van der Waals surface area contributed by atoms with Crippen molar-refractivity contribution in [2.45, 2.75) is 19.4 Å². The van der Waals surface area contributed by atoms with E-state index in [9.17, 15) is 4.79 Å². The molecule has 4 rings (SSSR count). The lowest BCUT2D eigenvalue weighted by molar-refractivity contribution is 0.102. The van der Waals surface area contributed by atoms with Crippen molar-refractivity contribution in [3.63, 3.8) is 0 Å². The first-order valence-corrected chi connectivity index (χ1v) is 10.5. The number of rotatable bonds is 6. The number of nitrogens with zero attached hydrogens (tertiary/aromatic N) is 2. The molecule has 1 amide bonds. The van der Waals surface area contributed by atoms with Crippen molar-refractivity contribution in [2.75, 3.05) is 37.4 Å². The lowest BCUT2D eigenvalue weighted by atomic mass is 10.2. The van der Waals surface area contributed by atoms with Crippen LogP contribution in [-0.2, 0) is 0 Å². The highest BCUT2D eigenvalue weighted by atomic mass is 16.5. The highest BCUT2D eigenvalue weighted by Crippen LogP contribution is 2.24. The van der Waals surface area contributed by atoms with Gasteiger partial charge < -0.3 is 25.3 Å². The molecular weight excluding hydrogens is 390 g/mol. The molecule has 1 saturated heterocycles. The molecule has 2 aliphatic heterocycles. The van der Waals surface area contributed by atoms with Crippen LogP contribution in [0.2, 0.25) is 0 Å². The number of amides is 1. The van der Waals surface area contributed by atoms with E-state index in [1.807, 2.05) is 31.2 Å². The van der Waals surface area contributed by atoms with Crippen molar-refractivity contribution in [3.8, 4) is 5.75 Å². The van der Waals surface area contributed by atoms with E-state index < -0.39 is 0 Å². The van der Waals surface area contributed by atoms with Crippen molar-refractivity contribution in [3.05, 3.63) is 77.8 Å². The second kappa shape index (κ2) is 9.14. The van der Waals surface area contributed by atoms with Gasteiger partial charge in [-0.3, -0.25) is 10.2 Å². The number of benzene rings is 2. The maximum absolute atomic E-state index is 12.6. The number of hydrogen-bond acceptors (Lipinski definition) is 6. The SMILES string of the molecule is CC1=CC=C(Oc2ccc(C(=O)Nc3ccc(N4CCC(N(C)C)C4)cc3)cc2)NN1. The van der Waals surface area contributed by atoms with Crippen LogP contribution in [0.3, 0.4) is 0 Å². The fourth-order valence-corrected chi connectivity index (χ4v) is 3.66. The second-order valence-electron chi connectivity index (χ2n) is 8.11. The second-order valence-corrected chi connectivity index (χ2v) is 8.11. The Balaban J connectivity index is 1.33. The number of carbonyl (C=O) groups excluding carboxylic acids is 1. The molecule has 0 saturated carbocycles. The van der Waals surface area contributed by atoms with E-state index in [2.05, 4.69) is 52.2 Å². The predicted molar refractivity (Wildman–Crippen MR) is 124 cm³/mol. The van der Waals surface area contributed by atoms with Crippen LogP contribution in [0.15, 0.2) is 72.3 Å². The molecule has 0 radical (unpaired) electrons. The Bertz CT molecular complexity index is 980. The summed E-state index contributed by atoms with van der Waals surface area (Å²) in [5, 5.41) is 2.96. The Morgan fingerprint density at radius 2 is 1.81 bits per heavy atom. The van der Waals surface area contributed by atoms with Gasteiger partial charge in [-0.05, 0) is 82.0 Å². The van der Waals surface area contributed by atoms with Crippen LogP contribution < -0.4 is 25.8 Å². The first-order chi connectivity index (χ1) is 15.0. The van der Waals surface area contributed by atoms with Gasteiger partial charge in [0.25, 0.3) is 5.91 Å². The van der Waals surface area contributed by atoms with E-state index >= 15 is 0 Å². The summed E-state index contributed by atoms with van der Waals surface area (Å²) < 4.78 is 5.74. The maximum atomic E-state index is 12.6. The largest absolute Gasteiger partial charge is 0.440 e. The van der Waals surface area contributed by atoms with E-state index in [1.165, 1.54) is 12.1 Å². The average molecular weight is 420 g/mol. The van der Waals surface area contributed by atoms with Gasteiger partial charge in [0.15, 0.2) is 0 Å². The van der Waals surface area contributed by atoms with Gasteiger partial charge in [-0.2, -0.15) is 0 Å². The third-order valence-electron chi connectivity index (χ3n) is 5.60. The fraction of sp³-hybridized carbons (Fsp3) is 0.292. The van der Waals surface area contributed by atoms with Gasteiger partial charge in [0.1, 0.15) is 5.75 Å². The van der Waals surface area contributed by atoms with E-state index in [1.54, 1.807) is 24.3 Å². The zero-order valence-corrected chi connectivity index (χ0v) is 18.2. The van der Waals surface area contributed by atoms with Gasteiger partial charge in [-0.25, -0.2) is 0 Å². The fourth-order valence-electron chi connectivity index (χ4n) is 3.66. The Labute approximate surface area is 183 Å². The molecule has 162 valence electrons. The maximum Gasteiger partial charge on any atom is 0.255 e. The summed E-state index contributed by atoms with van der Waals surface area (Å²) in [7, 11) is 4.26. The van der Waals surface area contributed by atoms with Crippen LogP contribution in [0.25, 0.3) is 0 Å². The number of nitrogens with one attached hydrogen (secondary N) is 3. The van der Waals surface area contributed by atoms with Crippen LogP contribution in [0.1, 0.15) is 23.7 Å². The van der Waals surface area contributed by atoms with Crippen molar-refractivity contribution < 1.29 is 9.53 Å². The molecule has 1 atom stereocenters. The van der Waals surface area contributed by atoms with Gasteiger partial charge in [-0.15, -0.1) is 0 Å². The molecule has 0 bridgehead atoms. The number of likely N-dealkylation sites (N-methyl/N-ethyl adjacent to an activating group) is 1. The predicted octanol–water partition coefficient (Wildman–Crippen LogP) is 3.31. The standard InChI is InChI=1S/C24H29N5O2/c1-17-4-13-23(27-26-17)31-22-11-5-18(6-12-22)24(30)25-19-7-9-20(10-8-19)29-15-14-21(16-29)28(2)3/h4-13,21,26-27H,14-16H2,1-3H3,(H,25,30). The Hall–Kier alpha value is -3.45. The van der Waals surface area contributed by atoms with Gasteiger partial charge in [-0.1, -0.05) is 0 Å². The van der Waals surface area contributed by atoms with Crippen LogP contribution in [0.4, 0.5) is 11.4 Å². The van der Waals surface area contributed by atoms with Crippen LogP contribution >= 0.6 is 0 Å². The van der Waals surface area contributed by atoms with Crippen molar-refractivity contribution >= 4 is 17.3 Å². The lowest BCUT2D eigenvalue weighted by Gasteiger charge is -2.22. The molecule has 1 unspecified atom stereocenters. The molecule has 7 heteroatoms. The van der Waals surface area contributed by atoms with Crippen LogP contribution in [0.5, 0.6) is 5.75 Å². The molecule has 2 aliphatic rings. The van der Waals surface area contributed by atoms with E-state index in [0.29, 0.717) is 23.2 Å². The molecule has 0 aromatic heterocycles. The molecular formula is C24H29N5O2. The summed E-state index contributed by atoms with van der Waals surface area (Å²) in [6.45, 7) is 4.04. The van der Waals surface area contributed by atoms with Gasteiger partial charge in [0.2, 0.25) is 5.88 Å². The van der Waals surface area contributed by atoms with Crippen LogP contribution in [0, 0.1) is 0 Å². The number of hydrazine groups is 1. The summed E-state index contributed by atoms with van der Waals surface area (Å²) in [6, 6.07) is 15.7. The summed E-state index contributed by atoms with van der Waals surface area (Å²) in [5.74, 6) is 1.09. The summed E-state index contributed by atoms with van der Waals surface area (Å²) in [6.07, 6.45) is 4.94. The summed E-state index contributed by atoms with van der Waals surface area (Å²) >= 11 is 0. The Morgan fingerprint density at radius 1 is 1.06 bits per heavy atom. The molecule has 0 spiro atoms. The van der Waals surface area contributed by atoms with E-state index in [-0.39, 0.29) is 5.91 Å². The van der Waals surface area contributed by atoms with Gasteiger partial charge >= 0.3 is 0 Å². The third kappa shape index (κ3) is 5.19.